The van der Waals surface area contributed by atoms with Crippen molar-refractivity contribution in [3.05, 3.63) is 82.9 Å². The SMILES string of the molecule is Cn1cnc2ccc(-c3cc4c(=O)cc[nH]c4nc3-c3cccc(C#N)c3)cc21. The summed E-state index contributed by atoms with van der Waals surface area (Å²) in [5.41, 5.74) is 6.14. The number of hydrogen-bond donors (Lipinski definition) is 1. The summed E-state index contributed by atoms with van der Waals surface area (Å²) in [7, 11) is 1.94. The van der Waals surface area contributed by atoms with Gasteiger partial charge in [0, 0.05) is 30.4 Å². The van der Waals surface area contributed by atoms with Crippen LogP contribution in [0.25, 0.3) is 44.5 Å². The third-order valence-corrected chi connectivity index (χ3v) is 5.04. The summed E-state index contributed by atoms with van der Waals surface area (Å²) in [6.07, 6.45) is 3.36. The van der Waals surface area contributed by atoms with E-state index in [-0.39, 0.29) is 5.43 Å². The average molecular weight is 377 g/mol. The van der Waals surface area contributed by atoms with Gasteiger partial charge in [-0.1, -0.05) is 18.2 Å². The zero-order valence-electron chi connectivity index (χ0n) is 15.5. The number of fused-ring (bicyclic) bond motifs is 2. The third kappa shape index (κ3) is 2.77. The largest absolute Gasteiger partial charge is 0.346 e. The minimum atomic E-state index is -0.0913. The van der Waals surface area contributed by atoms with Crippen molar-refractivity contribution in [3.8, 4) is 28.5 Å². The van der Waals surface area contributed by atoms with Crippen LogP contribution in [0.4, 0.5) is 0 Å². The van der Waals surface area contributed by atoms with E-state index in [1.165, 1.54) is 6.07 Å². The molecule has 0 spiro atoms. The minimum Gasteiger partial charge on any atom is -0.346 e. The standard InChI is InChI=1S/C23H15N5O/c1-28-13-26-19-6-5-15(10-20(19)28)17-11-18-21(29)7-8-25-23(18)27-22(17)16-4-2-3-14(9-16)12-24/h2-11,13H,1H3,(H,25,27,29). The summed E-state index contributed by atoms with van der Waals surface area (Å²) in [4.78, 5) is 24.6. The summed E-state index contributed by atoms with van der Waals surface area (Å²) in [5, 5.41) is 9.82. The molecule has 0 saturated heterocycles. The molecule has 0 radical (unpaired) electrons. The molecule has 3 heterocycles. The van der Waals surface area contributed by atoms with E-state index in [9.17, 15) is 10.1 Å². The molecule has 0 fully saturated rings. The molecule has 0 amide bonds. The maximum atomic E-state index is 12.4. The molecule has 29 heavy (non-hydrogen) atoms. The molecule has 5 rings (SSSR count). The number of benzene rings is 2. The van der Waals surface area contributed by atoms with Crippen molar-refractivity contribution in [2.45, 2.75) is 0 Å². The van der Waals surface area contributed by atoms with Gasteiger partial charge < -0.3 is 9.55 Å². The van der Waals surface area contributed by atoms with E-state index in [2.05, 4.69) is 16.0 Å². The van der Waals surface area contributed by atoms with Gasteiger partial charge in [0.1, 0.15) is 5.65 Å². The van der Waals surface area contributed by atoms with Gasteiger partial charge in [-0.05, 0) is 35.9 Å². The van der Waals surface area contributed by atoms with E-state index in [4.69, 9.17) is 4.98 Å². The highest BCUT2D eigenvalue weighted by Gasteiger charge is 2.15. The molecule has 6 heteroatoms. The second kappa shape index (κ2) is 6.43. The summed E-state index contributed by atoms with van der Waals surface area (Å²) < 4.78 is 1.95. The van der Waals surface area contributed by atoms with E-state index in [0.717, 1.165) is 27.7 Å². The minimum absolute atomic E-state index is 0.0913. The number of aromatic nitrogens is 4. The maximum Gasteiger partial charge on any atom is 0.191 e. The molecule has 0 unspecified atom stereocenters. The highest BCUT2D eigenvalue weighted by atomic mass is 16.1. The fourth-order valence-electron chi connectivity index (χ4n) is 3.57. The van der Waals surface area contributed by atoms with E-state index >= 15 is 0 Å². The van der Waals surface area contributed by atoms with Crippen LogP contribution >= 0.6 is 0 Å². The van der Waals surface area contributed by atoms with E-state index in [1.54, 1.807) is 24.7 Å². The Hall–Kier alpha value is -4.24. The molecule has 6 nitrogen and oxygen atoms in total. The number of nitrogens with zero attached hydrogens (tertiary/aromatic N) is 4. The molecular weight excluding hydrogens is 362 g/mol. The van der Waals surface area contributed by atoms with Crippen molar-refractivity contribution in [1.82, 2.24) is 19.5 Å². The fourth-order valence-corrected chi connectivity index (χ4v) is 3.57. The zero-order chi connectivity index (χ0) is 20.0. The van der Waals surface area contributed by atoms with Gasteiger partial charge in [0.15, 0.2) is 5.43 Å². The molecule has 0 atom stereocenters. The van der Waals surface area contributed by atoms with Crippen LogP contribution in [0.3, 0.4) is 0 Å². The monoisotopic (exact) mass is 377 g/mol. The molecule has 138 valence electrons. The van der Waals surface area contributed by atoms with E-state index in [1.807, 2.05) is 48.0 Å². The van der Waals surface area contributed by atoms with Gasteiger partial charge in [-0.2, -0.15) is 5.26 Å². The maximum absolute atomic E-state index is 12.4. The van der Waals surface area contributed by atoms with Crippen LogP contribution in [-0.2, 0) is 7.05 Å². The number of imidazole rings is 1. The number of H-pyrrole nitrogens is 1. The first-order valence-corrected chi connectivity index (χ1v) is 9.08. The number of nitriles is 1. The topological polar surface area (TPSA) is 87.4 Å². The smallest absolute Gasteiger partial charge is 0.191 e. The van der Waals surface area contributed by atoms with Crippen molar-refractivity contribution in [2.75, 3.05) is 0 Å². The van der Waals surface area contributed by atoms with Gasteiger partial charge in [0.25, 0.3) is 0 Å². The Morgan fingerprint density at radius 2 is 1.97 bits per heavy atom. The van der Waals surface area contributed by atoms with Crippen molar-refractivity contribution in [1.29, 1.82) is 5.26 Å². The van der Waals surface area contributed by atoms with Crippen molar-refractivity contribution >= 4 is 22.1 Å². The van der Waals surface area contributed by atoms with Crippen LogP contribution in [-0.4, -0.2) is 19.5 Å². The quantitative estimate of drug-likeness (QED) is 0.503. The molecule has 0 bridgehead atoms. The lowest BCUT2D eigenvalue weighted by Crippen LogP contribution is -2.03. The van der Waals surface area contributed by atoms with E-state index in [0.29, 0.717) is 22.3 Å². The second-order valence-electron chi connectivity index (χ2n) is 6.87. The lowest BCUT2D eigenvalue weighted by Gasteiger charge is -2.12. The second-order valence-corrected chi connectivity index (χ2v) is 6.87. The lowest BCUT2D eigenvalue weighted by atomic mass is 9.97. The van der Waals surface area contributed by atoms with E-state index < -0.39 is 0 Å². The lowest BCUT2D eigenvalue weighted by molar-refractivity contribution is 0.948. The number of rotatable bonds is 2. The Bertz CT molecular complexity index is 1500. The highest BCUT2D eigenvalue weighted by molar-refractivity contribution is 5.92. The fraction of sp³-hybridized carbons (Fsp3) is 0.0435. The molecule has 0 aliphatic rings. The van der Waals surface area contributed by atoms with Crippen molar-refractivity contribution in [2.24, 2.45) is 7.05 Å². The number of nitrogens with one attached hydrogen (secondary N) is 1. The first kappa shape index (κ1) is 16.9. The van der Waals surface area contributed by atoms with Crippen LogP contribution in [0, 0.1) is 11.3 Å². The molecule has 1 N–H and O–H groups in total. The van der Waals surface area contributed by atoms with Gasteiger partial charge >= 0.3 is 0 Å². The number of hydrogen-bond acceptors (Lipinski definition) is 4. The van der Waals surface area contributed by atoms with Crippen LogP contribution in [0.15, 0.2) is 71.9 Å². The number of aryl methyl sites for hydroxylation is 1. The third-order valence-electron chi connectivity index (χ3n) is 5.04. The first-order chi connectivity index (χ1) is 14.1. The highest BCUT2D eigenvalue weighted by Crippen LogP contribution is 2.34. The zero-order valence-corrected chi connectivity index (χ0v) is 15.5. The molecule has 0 saturated carbocycles. The molecule has 3 aromatic heterocycles. The normalized spacial score (nSPS) is 11.0. The Morgan fingerprint density at radius 3 is 2.83 bits per heavy atom. The van der Waals surface area contributed by atoms with Crippen molar-refractivity contribution in [3.63, 3.8) is 0 Å². The predicted octanol–water partition coefficient (Wildman–Crippen LogP) is 4.02. The van der Waals surface area contributed by atoms with Gasteiger partial charge in [0.2, 0.25) is 0 Å². The summed E-state index contributed by atoms with van der Waals surface area (Å²) in [5.74, 6) is 0. The van der Waals surface area contributed by atoms with Crippen LogP contribution in [0.5, 0.6) is 0 Å². The summed E-state index contributed by atoms with van der Waals surface area (Å²) in [6.45, 7) is 0. The number of aromatic amines is 1. The molecular formula is C23H15N5O. The number of pyridine rings is 2. The van der Waals surface area contributed by atoms with Crippen LogP contribution in [0.2, 0.25) is 0 Å². The van der Waals surface area contributed by atoms with Crippen LogP contribution < -0.4 is 5.43 Å². The Kier molecular flexibility index (Phi) is 3.75. The van der Waals surface area contributed by atoms with Gasteiger partial charge in [-0.25, -0.2) is 9.97 Å². The Balaban J connectivity index is 1.86. The molecule has 0 aliphatic heterocycles. The first-order valence-electron chi connectivity index (χ1n) is 9.08. The van der Waals surface area contributed by atoms with Crippen LogP contribution in [0.1, 0.15) is 5.56 Å². The summed E-state index contributed by atoms with van der Waals surface area (Å²) in [6, 6.07) is 18.8. The molecule has 2 aromatic carbocycles. The molecule has 0 aliphatic carbocycles. The molecule has 5 aromatic rings. The van der Waals surface area contributed by atoms with Gasteiger partial charge in [-0.3, -0.25) is 4.79 Å². The van der Waals surface area contributed by atoms with Gasteiger partial charge in [0.05, 0.1) is 40.1 Å². The predicted molar refractivity (Wildman–Crippen MR) is 112 cm³/mol. The van der Waals surface area contributed by atoms with Crippen molar-refractivity contribution < 1.29 is 0 Å². The average Bonchev–Trinajstić information content (AvgIpc) is 3.13. The Morgan fingerprint density at radius 1 is 1.07 bits per heavy atom. The Labute approximate surface area is 165 Å². The van der Waals surface area contributed by atoms with Gasteiger partial charge in [-0.15, -0.1) is 0 Å². The summed E-state index contributed by atoms with van der Waals surface area (Å²) >= 11 is 0.